The summed E-state index contributed by atoms with van der Waals surface area (Å²) in [6.07, 6.45) is 1.12. The van der Waals surface area contributed by atoms with E-state index < -0.39 is 0 Å². The molecule has 15 heavy (non-hydrogen) atoms. The van der Waals surface area contributed by atoms with E-state index in [1.54, 1.807) is 11.3 Å². The molecule has 0 spiro atoms. The van der Waals surface area contributed by atoms with Gasteiger partial charge in [-0.3, -0.25) is 0 Å². The second-order valence-corrected chi connectivity index (χ2v) is 5.08. The van der Waals surface area contributed by atoms with Crippen LogP contribution in [0.2, 0.25) is 5.15 Å². The summed E-state index contributed by atoms with van der Waals surface area (Å²) < 4.78 is 0. The van der Waals surface area contributed by atoms with Gasteiger partial charge < -0.3 is 10.2 Å². The van der Waals surface area contributed by atoms with E-state index >= 15 is 0 Å². The molecule has 1 rings (SSSR count). The Morgan fingerprint density at radius 3 is 2.87 bits per heavy atom. The monoisotopic (exact) mass is 247 g/mol. The summed E-state index contributed by atoms with van der Waals surface area (Å²) in [4.78, 5) is 6.45. The zero-order valence-electron chi connectivity index (χ0n) is 9.46. The van der Waals surface area contributed by atoms with Crippen molar-refractivity contribution in [1.82, 2.24) is 9.88 Å². The Bertz CT molecular complexity index is 288. The lowest BCUT2D eigenvalue weighted by Crippen LogP contribution is -2.28. The lowest BCUT2D eigenvalue weighted by atomic mass is 10.3. The van der Waals surface area contributed by atoms with Gasteiger partial charge in [0.15, 0.2) is 5.13 Å². The van der Waals surface area contributed by atoms with Gasteiger partial charge in [-0.1, -0.05) is 11.6 Å². The van der Waals surface area contributed by atoms with Crippen LogP contribution < -0.4 is 5.32 Å². The van der Waals surface area contributed by atoms with Gasteiger partial charge in [0, 0.05) is 18.0 Å². The minimum atomic E-state index is 0.571. The number of anilines is 1. The first-order valence-corrected chi connectivity index (χ1v) is 6.40. The Labute approximate surface area is 100 Å². The molecule has 0 fully saturated rings. The molecule has 1 aromatic heterocycles. The maximum Gasteiger partial charge on any atom is 0.184 e. The Morgan fingerprint density at radius 2 is 2.33 bits per heavy atom. The molecule has 0 saturated heterocycles. The molecule has 0 bridgehead atoms. The van der Waals surface area contributed by atoms with Crippen molar-refractivity contribution < 1.29 is 0 Å². The van der Waals surface area contributed by atoms with Crippen molar-refractivity contribution in [2.75, 3.05) is 25.5 Å². The van der Waals surface area contributed by atoms with Crippen LogP contribution in [0.15, 0.2) is 5.38 Å². The zero-order chi connectivity index (χ0) is 11.3. The van der Waals surface area contributed by atoms with Crippen LogP contribution in [0.5, 0.6) is 0 Å². The number of nitrogens with zero attached hydrogens (tertiary/aromatic N) is 2. The average molecular weight is 248 g/mol. The number of rotatable bonds is 6. The van der Waals surface area contributed by atoms with Crippen molar-refractivity contribution in [2.45, 2.75) is 26.3 Å². The molecule has 0 aliphatic carbocycles. The van der Waals surface area contributed by atoms with Gasteiger partial charge in [0.25, 0.3) is 0 Å². The molecule has 0 radical (unpaired) electrons. The second kappa shape index (κ2) is 6.30. The van der Waals surface area contributed by atoms with E-state index in [0.717, 1.165) is 24.6 Å². The molecule has 0 atom stereocenters. The Hall–Kier alpha value is -0.320. The summed E-state index contributed by atoms with van der Waals surface area (Å²) in [5, 5.41) is 6.57. The van der Waals surface area contributed by atoms with Crippen LogP contribution in [0.25, 0.3) is 0 Å². The van der Waals surface area contributed by atoms with Crippen molar-refractivity contribution in [3.63, 3.8) is 0 Å². The average Bonchev–Trinajstić information content (AvgIpc) is 2.58. The Balaban J connectivity index is 2.12. The third-order valence-corrected chi connectivity index (χ3v) is 3.44. The number of thiazole rings is 1. The van der Waals surface area contributed by atoms with Gasteiger partial charge in [-0.05, 0) is 33.9 Å². The van der Waals surface area contributed by atoms with E-state index in [2.05, 4.69) is 36.1 Å². The van der Waals surface area contributed by atoms with E-state index in [4.69, 9.17) is 11.6 Å². The van der Waals surface area contributed by atoms with Crippen molar-refractivity contribution in [3.05, 3.63) is 10.5 Å². The topological polar surface area (TPSA) is 28.2 Å². The lowest BCUT2D eigenvalue weighted by molar-refractivity contribution is 0.273. The normalized spacial score (nSPS) is 11.3. The standard InChI is InChI=1S/C10H18ClN3S/c1-8(2)14(3)6-4-5-12-10-13-9(11)7-15-10/h7-8H,4-6H2,1-3H3,(H,12,13). The number of aromatic nitrogens is 1. The minimum Gasteiger partial charge on any atom is -0.361 e. The largest absolute Gasteiger partial charge is 0.361 e. The molecule has 0 aliphatic heterocycles. The SMILES string of the molecule is CC(C)N(C)CCCNc1nc(Cl)cs1. The molecule has 0 amide bonds. The molecule has 0 saturated carbocycles. The molecule has 1 N–H and O–H groups in total. The maximum absolute atomic E-state index is 5.72. The molecule has 5 heteroatoms. The van der Waals surface area contributed by atoms with Crippen LogP contribution in [0, 0.1) is 0 Å². The first-order chi connectivity index (χ1) is 7.09. The quantitative estimate of drug-likeness (QED) is 0.784. The van der Waals surface area contributed by atoms with E-state index in [9.17, 15) is 0 Å². The summed E-state index contributed by atoms with van der Waals surface area (Å²) in [6.45, 7) is 6.45. The lowest BCUT2D eigenvalue weighted by Gasteiger charge is -2.20. The van der Waals surface area contributed by atoms with Gasteiger partial charge in [0.05, 0.1) is 0 Å². The van der Waals surface area contributed by atoms with Crippen LogP contribution in [0.1, 0.15) is 20.3 Å². The molecule has 1 aromatic rings. The minimum absolute atomic E-state index is 0.571. The fourth-order valence-corrected chi connectivity index (χ4v) is 1.98. The second-order valence-electron chi connectivity index (χ2n) is 3.83. The highest BCUT2D eigenvalue weighted by Crippen LogP contribution is 2.18. The van der Waals surface area contributed by atoms with E-state index in [0.29, 0.717) is 11.2 Å². The maximum atomic E-state index is 5.72. The first kappa shape index (κ1) is 12.7. The van der Waals surface area contributed by atoms with Gasteiger partial charge >= 0.3 is 0 Å². The molecular weight excluding hydrogens is 230 g/mol. The number of hydrogen-bond acceptors (Lipinski definition) is 4. The van der Waals surface area contributed by atoms with Gasteiger partial charge in [-0.25, -0.2) is 4.98 Å². The molecule has 0 aliphatic rings. The zero-order valence-corrected chi connectivity index (χ0v) is 11.0. The Morgan fingerprint density at radius 1 is 1.60 bits per heavy atom. The van der Waals surface area contributed by atoms with Crippen molar-refractivity contribution >= 4 is 28.1 Å². The summed E-state index contributed by atoms with van der Waals surface area (Å²) in [6, 6.07) is 0.610. The summed E-state index contributed by atoms with van der Waals surface area (Å²) in [7, 11) is 2.14. The van der Waals surface area contributed by atoms with Crippen LogP contribution in [-0.2, 0) is 0 Å². The van der Waals surface area contributed by atoms with E-state index in [-0.39, 0.29) is 0 Å². The third kappa shape index (κ3) is 4.82. The first-order valence-electron chi connectivity index (χ1n) is 5.14. The van der Waals surface area contributed by atoms with Crippen molar-refractivity contribution in [1.29, 1.82) is 0 Å². The molecule has 0 aromatic carbocycles. The van der Waals surface area contributed by atoms with Crippen LogP contribution in [-0.4, -0.2) is 36.1 Å². The fourth-order valence-electron chi connectivity index (χ4n) is 1.12. The number of nitrogens with one attached hydrogen (secondary N) is 1. The fraction of sp³-hybridized carbons (Fsp3) is 0.700. The number of halogens is 1. The van der Waals surface area contributed by atoms with Crippen LogP contribution in [0.3, 0.4) is 0 Å². The van der Waals surface area contributed by atoms with Crippen LogP contribution >= 0.6 is 22.9 Å². The number of hydrogen-bond donors (Lipinski definition) is 1. The highest BCUT2D eigenvalue weighted by molar-refractivity contribution is 7.14. The van der Waals surface area contributed by atoms with Crippen LogP contribution in [0.4, 0.5) is 5.13 Å². The molecule has 0 unspecified atom stereocenters. The summed E-state index contributed by atoms with van der Waals surface area (Å²) in [5.74, 6) is 0. The van der Waals surface area contributed by atoms with E-state index in [1.807, 2.05) is 5.38 Å². The highest BCUT2D eigenvalue weighted by atomic mass is 35.5. The predicted molar refractivity (Wildman–Crippen MR) is 68.0 cm³/mol. The highest BCUT2D eigenvalue weighted by Gasteiger charge is 2.02. The summed E-state index contributed by atoms with van der Waals surface area (Å²) in [5.41, 5.74) is 0. The van der Waals surface area contributed by atoms with Gasteiger partial charge in [-0.15, -0.1) is 11.3 Å². The molecule has 3 nitrogen and oxygen atoms in total. The van der Waals surface area contributed by atoms with E-state index in [1.165, 1.54) is 0 Å². The van der Waals surface area contributed by atoms with Crippen molar-refractivity contribution in [2.24, 2.45) is 0 Å². The van der Waals surface area contributed by atoms with Crippen molar-refractivity contribution in [3.8, 4) is 0 Å². The Kier molecular flexibility index (Phi) is 5.36. The van der Waals surface area contributed by atoms with Gasteiger partial charge in [-0.2, -0.15) is 0 Å². The third-order valence-electron chi connectivity index (χ3n) is 2.32. The van der Waals surface area contributed by atoms with Gasteiger partial charge in [0.1, 0.15) is 5.15 Å². The predicted octanol–water partition coefficient (Wildman–Crippen LogP) is 2.94. The smallest absolute Gasteiger partial charge is 0.184 e. The van der Waals surface area contributed by atoms with Gasteiger partial charge in [0.2, 0.25) is 0 Å². The molecular formula is C10H18ClN3S. The molecule has 1 heterocycles. The molecule has 86 valence electrons. The summed E-state index contributed by atoms with van der Waals surface area (Å²) >= 11 is 7.26.